The average Bonchev–Trinajstić information content (AvgIpc) is 3.05. The molecule has 0 unspecified atom stereocenters. The molecule has 2 fully saturated rings. The van der Waals surface area contributed by atoms with Gasteiger partial charge >= 0.3 is 5.97 Å². The number of fused-ring (bicyclic) bond motifs is 1. The van der Waals surface area contributed by atoms with Crippen LogP contribution in [0.1, 0.15) is 57.6 Å². The molecule has 0 aromatic heterocycles. The summed E-state index contributed by atoms with van der Waals surface area (Å²) < 4.78 is 5.39. The van der Waals surface area contributed by atoms with Crippen LogP contribution in [0, 0.1) is 11.8 Å². The molecule has 2 atom stereocenters. The molecule has 0 bridgehead atoms. The fraction of sp³-hybridized carbons (Fsp3) is 0.667. The lowest BCUT2D eigenvalue weighted by Crippen LogP contribution is -2.24. The summed E-state index contributed by atoms with van der Waals surface area (Å²) in [7, 11) is 0. The molecule has 0 amide bonds. The second-order valence-electron chi connectivity index (χ2n) is 8.55. The lowest BCUT2D eigenvalue weighted by atomic mass is 10.0. The molecule has 0 spiro atoms. The lowest BCUT2D eigenvalue weighted by molar-refractivity contribution is -0.154. The summed E-state index contributed by atoms with van der Waals surface area (Å²) in [5.74, 6) is 1.78. The topological polar surface area (TPSA) is 29.5 Å². The van der Waals surface area contributed by atoms with Gasteiger partial charge in [-0.15, -0.1) is 0 Å². The third kappa shape index (κ3) is 4.83. The quantitative estimate of drug-likeness (QED) is 0.759. The van der Waals surface area contributed by atoms with Crippen LogP contribution in [0.5, 0.6) is 0 Å². The van der Waals surface area contributed by atoms with Crippen LogP contribution in [-0.4, -0.2) is 29.6 Å². The molecule has 24 heavy (non-hydrogen) atoms. The fourth-order valence-corrected chi connectivity index (χ4v) is 4.24. The van der Waals surface area contributed by atoms with Crippen molar-refractivity contribution in [2.45, 2.75) is 65.0 Å². The van der Waals surface area contributed by atoms with E-state index in [1.54, 1.807) is 0 Å². The number of hydrogen-bond acceptors (Lipinski definition) is 3. The van der Waals surface area contributed by atoms with Gasteiger partial charge in [-0.1, -0.05) is 30.7 Å². The van der Waals surface area contributed by atoms with Gasteiger partial charge in [-0.2, -0.15) is 0 Å². The van der Waals surface area contributed by atoms with Gasteiger partial charge in [0.1, 0.15) is 5.60 Å². The molecule has 1 heterocycles. The number of rotatable bonds is 5. The molecule has 3 heteroatoms. The summed E-state index contributed by atoms with van der Waals surface area (Å²) in [6.07, 6.45) is 5.50. The Morgan fingerprint density at radius 2 is 1.83 bits per heavy atom. The first-order chi connectivity index (χ1) is 11.4. The molecule has 0 N–H and O–H groups in total. The SMILES string of the molecule is CC(C)(C)OC(=O)CCc1cccc(CN2C[C@H]3CCC[C@H]3C2)c1. The number of benzene rings is 1. The van der Waals surface area contributed by atoms with E-state index in [1.807, 2.05) is 20.8 Å². The molecular formula is C21H31NO2. The number of carbonyl (C=O) groups excluding carboxylic acids is 1. The highest BCUT2D eigenvalue weighted by Gasteiger charge is 2.35. The summed E-state index contributed by atoms with van der Waals surface area (Å²) in [5, 5.41) is 0. The molecule has 3 nitrogen and oxygen atoms in total. The van der Waals surface area contributed by atoms with Crippen molar-refractivity contribution in [3.8, 4) is 0 Å². The first-order valence-corrected chi connectivity index (χ1v) is 9.41. The van der Waals surface area contributed by atoms with Crippen LogP contribution in [-0.2, 0) is 22.5 Å². The molecular weight excluding hydrogens is 298 g/mol. The number of aryl methyl sites for hydroxylation is 1. The molecule has 1 aliphatic heterocycles. The predicted molar refractivity (Wildman–Crippen MR) is 96.7 cm³/mol. The van der Waals surface area contributed by atoms with E-state index < -0.39 is 5.60 Å². The van der Waals surface area contributed by atoms with E-state index in [2.05, 4.69) is 29.2 Å². The van der Waals surface area contributed by atoms with Gasteiger partial charge in [0.15, 0.2) is 0 Å². The smallest absolute Gasteiger partial charge is 0.306 e. The number of nitrogens with zero attached hydrogens (tertiary/aromatic N) is 1. The predicted octanol–water partition coefficient (Wildman–Crippen LogP) is 4.19. The zero-order valence-corrected chi connectivity index (χ0v) is 15.4. The van der Waals surface area contributed by atoms with Gasteiger partial charge in [0.2, 0.25) is 0 Å². The minimum absolute atomic E-state index is 0.111. The maximum atomic E-state index is 11.9. The van der Waals surface area contributed by atoms with Crippen molar-refractivity contribution in [3.63, 3.8) is 0 Å². The minimum atomic E-state index is -0.396. The normalized spacial score (nSPS) is 24.1. The van der Waals surface area contributed by atoms with Crippen LogP contribution >= 0.6 is 0 Å². The maximum absolute atomic E-state index is 11.9. The maximum Gasteiger partial charge on any atom is 0.306 e. The monoisotopic (exact) mass is 329 g/mol. The van der Waals surface area contributed by atoms with E-state index in [-0.39, 0.29) is 5.97 Å². The van der Waals surface area contributed by atoms with Gasteiger partial charge in [0.05, 0.1) is 0 Å². The van der Waals surface area contributed by atoms with Crippen LogP contribution in [0.2, 0.25) is 0 Å². The van der Waals surface area contributed by atoms with Crippen LogP contribution in [0.3, 0.4) is 0 Å². The Labute approximate surface area is 146 Å². The zero-order chi connectivity index (χ0) is 17.2. The highest BCUT2D eigenvalue weighted by atomic mass is 16.6. The van der Waals surface area contributed by atoms with E-state index in [0.29, 0.717) is 6.42 Å². The van der Waals surface area contributed by atoms with E-state index in [9.17, 15) is 4.79 Å². The second-order valence-corrected chi connectivity index (χ2v) is 8.55. The number of ether oxygens (including phenoxy) is 1. The van der Waals surface area contributed by atoms with Gasteiger partial charge in [-0.05, 0) is 63.0 Å². The molecule has 1 aromatic carbocycles. The van der Waals surface area contributed by atoms with Crippen molar-refractivity contribution in [2.75, 3.05) is 13.1 Å². The number of hydrogen-bond donors (Lipinski definition) is 0. The summed E-state index contributed by atoms with van der Waals surface area (Å²) in [4.78, 5) is 14.5. The Morgan fingerprint density at radius 3 is 2.50 bits per heavy atom. The van der Waals surface area contributed by atoms with E-state index >= 15 is 0 Å². The van der Waals surface area contributed by atoms with Crippen molar-refractivity contribution in [1.82, 2.24) is 4.90 Å². The number of carbonyl (C=O) groups is 1. The fourth-order valence-electron chi connectivity index (χ4n) is 4.24. The van der Waals surface area contributed by atoms with Crippen molar-refractivity contribution in [1.29, 1.82) is 0 Å². The van der Waals surface area contributed by atoms with Gasteiger partial charge in [0.25, 0.3) is 0 Å². The molecule has 3 rings (SSSR count). The molecule has 0 radical (unpaired) electrons. The van der Waals surface area contributed by atoms with Crippen LogP contribution in [0.15, 0.2) is 24.3 Å². The minimum Gasteiger partial charge on any atom is -0.460 e. The Morgan fingerprint density at radius 1 is 1.17 bits per heavy atom. The Bertz CT molecular complexity index is 563. The zero-order valence-electron chi connectivity index (χ0n) is 15.4. The van der Waals surface area contributed by atoms with Crippen molar-refractivity contribution in [3.05, 3.63) is 35.4 Å². The van der Waals surface area contributed by atoms with Crippen LogP contribution in [0.4, 0.5) is 0 Å². The summed E-state index contributed by atoms with van der Waals surface area (Å²) >= 11 is 0. The summed E-state index contributed by atoms with van der Waals surface area (Å²) in [6, 6.07) is 8.72. The third-order valence-corrected chi connectivity index (χ3v) is 5.24. The molecule has 132 valence electrons. The van der Waals surface area contributed by atoms with E-state index in [0.717, 1.165) is 24.8 Å². The van der Waals surface area contributed by atoms with Crippen LogP contribution < -0.4 is 0 Å². The molecule has 1 saturated heterocycles. The van der Waals surface area contributed by atoms with Crippen molar-refractivity contribution < 1.29 is 9.53 Å². The molecule has 1 saturated carbocycles. The highest BCUT2D eigenvalue weighted by molar-refractivity contribution is 5.70. The largest absolute Gasteiger partial charge is 0.460 e. The molecule has 2 aliphatic rings. The number of esters is 1. The van der Waals surface area contributed by atoms with Gasteiger partial charge in [-0.25, -0.2) is 0 Å². The van der Waals surface area contributed by atoms with E-state index in [1.165, 1.54) is 43.5 Å². The second kappa shape index (κ2) is 7.26. The Kier molecular flexibility index (Phi) is 5.29. The average molecular weight is 329 g/mol. The van der Waals surface area contributed by atoms with Crippen LogP contribution in [0.25, 0.3) is 0 Å². The summed E-state index contributed by atoms with van der Waals surface area (Å²) in [6.45, 7) is 9.33. The number of likely N-dealkylation sites (tertiary alicyclic amines) is 1. The molecule has 1 aromatic rings. The summed E-state index contributed by atoms with van der Waals surface area (Å²) in [5.41, 5.74) is 2.21. The van der Waals surface area contributed by atoms with Gasteiger partial charge in [-0.3, -0.25) is 9.69 Å². The van der Waals surface area contributed by atoms with Gasteiger partial charge < -0.3 is 4.74 Å². The first-order valence-electron chi connectivity index (χ1n) is 9.41. The Balaban J connectivity index is 1.50. The standard InChI is InChI=1S/C21H31NO2/c1-21(2,3)24-20(23)11-10-16-6-4-7-17(12-16)13-22-14-18-8-5-9-19(18)15-22/h4,6-7,12,18-19H,5,8-11,13-15H2,1-3H3/t18-,19+. The van der Waals surface area contributed by atoms with Gasteiger partial charge in [0, 0.05) is 26.1 Å². The lowest BCUT2D eigenvalue weighted by Gasteiger charge is -2.19. The third-order valence-electron chi connectivity index (χ3n) is 5.24. The highest BCUT2D eigenvalue weighted by Crippen LogP contribution is 2.38. The van der Waals surface area contributed by atoms with Crippen molar-refractivity contribution >= 4 is 5.97 Å². The van der Waals surface area contributed by atoms with E-state index in [4.69, 9.17) is 4.74 Å². The van der Waals surface area contributed by atoms with Crippen molar-refractivity contribution in [2.24, 2.45) is 11.8 Å². The molecule has 1 aliphatic carbocycles. The Hall–Kier alpha value is -1.35. The first kappa shape index (κ1) is 17.5.